The summed E-state index contributed by atoms with van der Waals surface area (Å²) >= 11 is 0. The van der Waals surface area contributed by atoms with E-state index < -0.39 is 0 Å². The standard InChI is InChI=1S/C13H19N3O/c14-12(11-2-6-15-16-9-11)10-3-7-17-13(8-10)4-1-5-13/h2,6,9-10,12H,1,3-5,7-8,14H2. The number of ether oxygens (including phenoxy) is 1. The van der Waals surface area contributed by atoms with Crippen molar-refractivity contribution in [3.63, 3.8) is 0 Å². The molecule has 2 fully saturated rings. The summed E-state index contributed by atoms with van der Waals surface area (Å²) in [5.41, 5.74) is 7.61. The summed E-state index contributed by atoms with van der Waals surface area (Å²) in [5, 5.41) is 7.71. The summed E-state index contributed by atoms with van der Waals surface area (Å²) < 4.78 is 5.93. The fourth-order valence-electron chi connectivity index (χ4n) is 3.06. The number of rotatable bonds is 2. The lowest BCUT2D eigenvalue weighted by atomic mass is 9.70. The molecule has 2 heterocycles. The van der Waals surface area contributed by atoms with Crippen molar-refractivity contribution in [3.05, 3.63) is 24.0 Å². The lowest BCUT2D eigenvalue weighted by Crippen LogP contribution is -2.47. The van der Waals surface area contributed by atoms with Crippen molar-refractivity contribution in [2.45, 2.75) is 43.7 Å². The van der Waals surface area contributed by atoms with E-state index in [9.17, 15) is 0 Å². The minimum atomic E-state index is 0.0758. The highest BCUT2D eigenvalue weighted by Crippen LogP contribution is 2.46. The molecule has 0 amide bonds. The molecule has 4 nitrogen and oxygen atoms in total. The Morgan fingerprint density at radius 3 is 2.94 bits per heavy atom. The second kappa shape index (κ2) is 4.35. The third kappa shape index (κ3) is 2.07. The molecule has 0 radical (unpaired) electrons. The van der Waals surface area contributed by atoms with Crippen LogP contribution in [0.3, 0.4) is 0 Å². The molecule has 2 unspecified atom stereocenters. The minimum absolute atomic E-state index is 0.0758. The van der Waals surface area contributed by atoms with Gasteiger partial charge in [0.15, 0.2) is 0 Å². The smallest absolute Gasteiger partial charge is 0.0686 e. The van der Waals surface area contributed by atoms with Crippen molar-refractivity contribution in [2.75, 3.05) is 6.61 Å². The van der Waals surface area contributed by atoms with Crippen LogP contribution in [0.5, 0.6) is 0 Å². The Bertz CT molecular complexity index is 378. The number of nitrogens with zero attached hydrogens (tertiary/aromatic N) is 2. The Balaban J connectivity index is 1.71. The molecule has 0 aromatic carbocycles. The van der Waals surface area contributed by atoms with Crippen molar-refractivity contribution in [3.8, 4) is 0 Å². The highest BCUT2D eigenvalue weighted by atomic mass is 16.5. The van der Waals surface area contributed by atoms with Crippen LogP contribution in [0.2, 0.25) is 0 Å². The average Bonchev–Trinajstić information content (AvgIpc) is 2.37. The molecule has 1 aliphatic heterocycles. The second-order valence-corrected chi connectivity index (χ2v) is 5.34. The molecule has 1 spiro atoms. The SMILES string of the molecule is NC(c1ccnnc1)C1CCOC2(CCC2)C1. The van der Waals surface area contributed by atoms with Crippen molar-refractivity contribution in [1.29, 1.82) is 0 Å². The first-order valence-corrected chi connectivity index (χ1v) is 6.45. The van der Waals surface area contributed by atoms with Gasteiger partial charge in [0.2, 0.25) is 0 Å². The monoisotopic (exact) mass is 233 g/mol. The fourth-order valence-corrected chi connectivity index (χ4v) is 3.06. The molecule has 0 bridgehead atoms. The van der Waals surface area contributed by atoms with Gasteiger partial charge in [0.1, 0.15) is 0 Å². The summed E-state index contributed by atoms with van der Waals surface area (Å²) in [6.07, 6.45) is 9.40. The Morgan fingerprint density at radius 1 is 1.41 bits per heavy atom. The van der Waals surface area contributed by atoms with E-state index in [0.29, 0.717) is 5.92 Å². The van der Waals surface area contributed by atoms with Gasteiger partial charge in [0.25, 0.3) is 0 Å². The third-order valence-corrected chi connectivity index (χ3v) is 4.30. The van der Waals surface area contributed by atoms with Crippen LogP contribution < -0.4 is 5.73 Å². The Labute approximate surface area is 102 Å². The molecule has 4 heteroatoms. The first-order chi connectivity index (χ1) is 8.29. The minimum Gasteiger partial charge on any atom is -0.375 e. The molecule has 92 valence electrons. The zero-order valence-electron chi connectivity index (χ0n) is 10.0. The van der Waals surface area contributed by atoms with E-state index in [-0.39, 0.29) is 11.6 Å². The molecule has 1 aromatic rings. The molecule has 2 aliphatic rings. The molecule has 1 saturated heterocycles. The van der Waals surface area contributed by atoms with Crippen LogP contribution in [0, 0.1) is 5.92 Å². The van der Waals surface area contributed by atoms with Crippen LogP contribution in [0.15, 0.2) is 18.5 Å². The van der Waals surface area contributed by atoms with Gasteiger partial charge in [-0.3, -0.25) is 0 Å². The maximum Gasteiger partial charge on any atom is 0.0686 e. The molecule has 17 heavy (non-hydrogen) atoms. The van der Waals surface area contributed by atoms with Gasteiger partial charge in [-0.05, 0) is 49.7 Å². The average molecular weight is 233 g/mol. The Hall–Kier alpha value is -1.00. The Morgan fingerprint density at radius 2 is 2.29 bits per heavy atom. The highest BCUT2D eigenvalue weighted by molar-refractivity contribution is 5.13. The summed E-state index contributed by atoms with van der Waals surface area (Å²) in [7, 11) is 0. The molecule has 1 aliphatic carbocycles. The van der Waals surface area contributed by atoms with Gasteiger partial charge in [0, 0.05) is 18.8 Å². The lowest BCUT2D eigenvalue weighted by Gasteiger charge is -2.48. The molecular weight excluding hydrogens is 214 g/mol. The fraction of sp³-hybridized carbons (Fsp3) is 0.692. The summed E-state index contributed by atoms with van der Waals surface area (Å²) in [6.45, 7) is 0.858. The molecule has 3 rings (SSSR count). The number of aromatic nitrogens is 2. The summed E-state index contributed by atoms with van der Waals surface area (Å²) in [5.74, 6) is 0.522. The first-order valence-electron chi connectivity index (χ1n) is 6.45. The maximum atomic E-state index is 6.35. The largest absolute Gasteiger partial charge is 0.375 e. The van der Waals surface area contributed by atoms with Crippen LogP contribution in [0.4, 0.5) is 0 Å². The number of hydrogen-bond acceptors (Lipinski definition) is 4. The van der Waals surface area contributed by atoms with E-state index in [0.717, 1.165) is 25.0 Å². The van der Waals surface area contributed by atoms with Crippen LogP contribution in [-0.2, 0) is 4.74 Å². The predicted octanol–water partition coefficient (Wildman–Crippen LogP) is 1.83. The van der Waals surface area contributed by atoms with Crippen molar-refractivity contribution < 1.29 is 4.74 Å². The molecule has 2 N–H and O–H groups in total. The topological polar surface area (TPSA) is 61.0 Å². The zero-order valence-corrected chi connectivity index (χ0v) is 10.0. The number of nitrogens with two attached hydrogens (primary N) is 1. The van der Waals surface area contributed by atoms with Gasteiger partial charge >= 0.3 is 0 Å². The zero-order chi connectivity index (χ0) is 11.7. The second-order valence-electron chi connectivity index (χ2n) is 5.34. The van der Waals surface area contributed by atoms with Crippen molar-refractivity contribution >= 4 is 0 Å². The molecular formula is C13H19N3O. The quantitative estimate of drug-likeness (QED) is 0.846. The van der Waals surface area contributed by atoms with Crippen LogP contribution in [0.25, 0.3) is 0 Å². The van der Waals surface area contributed by atoms with E-state index >= 15 is 0 Å². The maximum absolute atomic E-state index is 6.35. The third-order valence-electron chi connectivity index (χ3n) is 4.30. The van der Waals surface area contributed by atoms with Gasteiger partial charge in [-0.25, -0.2) is 0 Å². The molecule has 1 saturated carbocycles. The van der Waals surface area contributed by atoms with E-state index in [1.165, 1.54) is 19.3 Å². The normalized spacial score (nSPS) is 28.6. The van der Waals surface area contributed by atoms with Crippen LogP contribution >= 0.6 is 0 Å². The van der Waals surface area contributed by atoms with E-state index in [4.69, 9.17) is 10.5 Å². The predicted molar refractivity (Wildman–Crippen MR) is 64.2 cm³/mol. The first kappa shape index (κ1) is 11.1. The van der Waals surface area contributed by atoms with Crippen LogP contribution in [0.1, 0.15) is 43.7 Å². The Kier molecular flexibility index (Phi) is 2.84. The summed E-state index contributed by atoms with van der Waals surface area (Å²) in [6, 6.07) is 2.05. The van der Waals surface area contributed by atoms with E-state index in [1.54, 1.807) is 12.4 Å². The lowest BCUT2D eigenvalue weighted by molar-refractivity contribution is -0.146. The van der Waals surface area contributed by atoms with Gasteiger partial charge < -0.3 is 10.5 Å². The summed E-state index contributed by atoms with van der Waals surface area (Å²) in [4.78, 5) is 0. The molecule has 2 atom stereocenters. The van der Waals surface area contributed by atoms with Gasteiger partial charge in [-0.2, -0.15) is 10.2 Å². The van der Waals surface area contributed by atoms with Gasteiger partial charge in [-0.1, -0.05) is 0 Å². The van der Waals surface area contributed by atoms with E-state index in [2.05, 4.69) is 10.2 Å². The molecule has 1 aromatic heterocycles. The van der Waals surface area contributed by atoms with Crippen LogP contribution in [-0.4, -0.2) is 22.4 Å². The van der Waals surface area contributed by atoms with E-state index in [1.807, 2.05) is 6.07 Å². The highest BCUT2D eigenvalue weighted by Gasteiger charge is 2.43. The number of hydrogen-bond donors (Lipinski definition) is 1. The van der Waals surface area contributed by atoms with Crippen molar-refractivity contribution in [2.24, 2.45) is 11.7 Å². The van der Waals surface area contributed by atoms with Gasteiger partial charge in [0.05, 0.1) is 11.8 Å². The van der Waals surface area contributed by atoms with Gasteiger partial charge in [-0.15, -0.1) is 0 Å². The van der Waals surface area contributed by atoms with Crippen molar-refractivity contribution in [1.82, 2.24) is 10.2 Å².